The van der Waals surface area contributed by atoms with Gasteiger partial charge in [-0.2, -0.15) is 0 Å². The van der Waals surface area contributed by atoms with E-state index >= 15 is 0 Å². The molecular weight excluding hydrogens is 383 g/mol. The minimum absolute atomic E-state index is 0. The van der Waals surface area contributed by atoms with Crippen molar-refractivity contribution in [2.45, 2.75) is 24.8 Å². The van der Waals surface area contributed by atoms with Gasteiger partial charge in [-0.15, -0.1) is 24.8 Å². The standard InChI is InChI=1S/C17H21ClN4O.2ClH/c1-22(5-6-23-15-4-2-3-13(18)9-15)17-10-16(20-11-21-17)12-7-14(19)8-12;;/h2-4,9-12,14H,5-8,19H2,1H3;2*1H. The van der Waals surface area contributed by atoms with Crippen LogP contribution in [-0.4, -0.2) is 36.2 Å². The summed E-state index contributed by atoms with van der Waals surface area (Å²) in [5.74, 6) is 2.16. The summed E-state index contributed by atoms with van der Waals surface area (Å²) in [5.41, 5.74) is 6.94. The molecule has 8 heteroatoms. The lowest BCUT2D eigenvalue weighted by Gasteiger charge is -2.32. The predicted octanol–water partition coefficient (Wildman–Crippen LogP) is 3.69. The molecule has 0 spiro atoms. The van der Waals surface area contributed by atoms with E-state index in [0.717, 1.165) is 36.6 Å². The van der Waals surface area contributed by atoms with Crippen LogP contribution in [0.5, 0.6) is 5.75 Å². The van der Waals surface area contributed by atoms with E-state index in [9.17, 15) is 0 Å². The molecular formula is C17H23Cl3N4O. The summed E-state index contributed by atoms with van der Waals surface area (Å²) in [6.45, 7) is 1.29. The summed E-state index contributed by atoms with van der Waals surface area (Å²) in [6.07, 6.45) is 3.65. The number of aromatic nitrogens is 2. The summed E-state index contributed by atoms with van der Waals surface area (Å²) < 4.78 is 5.72. The zero-order valence-corrected chi connectivity index (χ0v) is 16.4. The van der Waals surface area contributed by atoms with E-state index in [1.165, 1.54) is 0 Å². The van der Waals surface area contributed by atoms with Crippen molar-refractivity contribution in [3.8, 4) is 5.75 Å². The van der Waals surface area contributed by atoms with Gasteiger partial charge in [-0.05, 0) is 31.0 Å². The van der Waals surface area contributed by atoms with Crippen LogP contribution in [0.25, 0.3) is 0 Å². The van der Waals surface area contributed by atoms with Crippen molar-refractivity contribution < 1.29 is 4.74 Å². The Morgan fingerprint density at radius 1 is 1.24 bits per heavy atom. The van der Waals surface area contributed by atoms with Crippen molar-refractivity contribution >= 4 is 42.2 Å². The molecule has 0 bridgehead atoms. The van der Waals surface area contributed by atoms with Crippen molar-refractivity contribution in [3.63, 3.8) is 0 Å². The van der Waals surface area contributed by atoms with Gasteiger partial charge in [0, 0.05) is 35.8 Å². The van der Waals surface area contributed by atoms with Gasteiger partial charge in [-0.3, -0.25) is 0 Å². The molecule has 25 heavy (non-hydrogen) atoms. The molecule has 1 fully saturated rings. The molecule has 1 saturated carbocycles. The van der Waals surface area contributed by atoms with Gasteiger partial charge in [0.2, 0.25) is 0 Å². The van der Waals surface area contributed by atoms with Crippen LogP contribution >= 0.6 is 36.4 Å². The third-order valence-corrected chi connectivity index (χ3v) is 4.38. The third kappa shape index (κ3) is 5.89. The number of halogens is 3. The largest absolute Gasteiger partial charge is 0.492 e. The minimum atomic E-state index is 0. The van der Waals surface area contributed by atoms with E-state index in [1.54, 1.807) is 6.33 Å². The minimum Gasteiger partial charge on any atom is -0.492 e. The van der Waals surface area contributed by atoms with Crippen LogP contribution in [0, 0.1) is 0 Å². The monoisotopic (exact) mass is 404 g/mol. The predicted molar refractivity (Wildman–Crippen MR) is 107 cm³/mol. The molecule has 0 aliphatic heterocycles. The van der Waals surface area contributed by atoms with Crippen molar-refractivity contribution in [1.82, 2.24) is 9.97 Å². The quantitative estimate of drug-likeness (QED) is 0.794. The topological polar surface area (TPSA) is 64.3 Å². The highest BCUT2D eigenvalue weighted by molar-refractivity contribution is 6.30. The van der Waals surface area contributed by atoms with E-state index in [4.69, 9.17) is 22.1 Å². The number of benzene rings is 1. The second-order valence-corrected chi connectivity index (χ2v) is 6.39. The van der Waals surface area contributed by atoms with Crippen LogP contribution in [0.4, 0.5) is 5.82 Å². The van der Waals surface area contributed by atoms with E-state index in [0.29, 0.717) is 23.6 Å². The zero-order valence-electron chi connectivity index (χ0n) is 14.0. The Bertz CT molecular complexity index is 668. The highest BCUT2D eigenvalue weighted by Gasteiger charge is 2.28. The third-order valence-electron chi connectivity index (χ3n) is 4.15. The van der Waals surface area contributed by atoms with Gasteiger partial charge in [-0.25, -0.2) is 9.97 Å². The first-order valence-electron chi connectivity index (χ1n) is 7.79. The van der Waals surface area contributed by atoms with Crippen LogP contribution in [-0.2, 0) is 0 Å². The Morgan fingerprint density at radius 2 is 2.00 bits per heavy atom. The maximum Gasteiger partial charge on any atom is 0.132 e. The lowest BCUT2D eigenvalue weighted by atomic mass is 9.78. The number of likely N-dealkylation sites (N-methyl/N-ethyl adjacent to an activating group) is 1. The van der Waals surface area contributed by atoms with Gasteiger partial charge < -0.3 is 15.4 Å². The van der Waals surface area contributed by atoms with Gasteiger partial charge in [0.15, 0.2) is 0 Å². The highest BCUT2D eigenvalue weighted by Crippen LogP contribution is 2.35. The molecule has 0 saturated heterocycles. The molecule has 1 heterocycles. The lowest BCUT2D eigenvalue weighted by Crippen LogP contribution is -2.35. The molecule has 0 unspecified atom stereocenters. The Balaban J connectivity index is 0.00000156. The SMILES string of the molecule is CN(CCOc1cccc(Cl)c1)c1cc(C2CC(N)C2)ncn1.Cl.Cl. The molecule has 1 aliphatic rings. The van der Waals surface area contributed by atoms with Crippen LogP contribution in [0.2, 0.25) is 5.02 Å². The maximum absolute atomic E-state index is 5.94. The Morgan fingerprint density at radius 3 is 2.68 bits per heavy atom. The molecule has 2 aromatic rings. The number of hydrogen-bond donors (Lipinski definition) is 1. The second kappa shape index (κ2) is 10.0. The van der Waals surface area contributed by atoms with E-state index < -0.39 is 0 Å². The molecule has 1 aromatic carbocycles. The van der Waals surface area contributed by atoms with Crippen LogP contribution in [0.3, 0.4) is 0 Å². The van der Waals surface area contributed by atoms with Crippen LogP contribution in [0.1, 0.15) is 24.5 Å². The fourth-order valence-corrected chi connectivity index (χ4v) is 2.85. The summed E-state index contributed by atoms with van der Waals surface area (Å²) in [4.78, 5) is 10.8. The van der Waals surface area contributed by atoms with Gasteiger partial charge in [0.05, 0.1) is 6.54 Å². The molecule has 5 nitrogen and oxygen atoms in total. The van der Waals surface area contributed by atoms with Gasteiger partial charge >= 0.3 is 0 Å². The van der Waals surface area contributed by atoms with Crippen molar-refractivity contribution in [3.05, 3.63) is 47.4 Å². The first kappa shape index (κ1) is 21.8. The van der Waals surface area contributed by atoms with Crippen molar-refractivity contribution in [2.75, 3.05) is 25.1 Å². The number of nitrogens with zero attached hydrogens (tertiary/aromatic N) is 3. The molecule has 2 N–H and O–H groups in total. The molecule has 138 valence electrons. The molecule has 1 aromatic heterocycles. The maximum atomic E-state index is 5.94. The smallest absolute Gasteiger partial charge is 0.132 e. The summed E-state index contributed by atoms with van der Waals surface area (Å²) in [7, 11) is 2.00. The van der Waals surface area contributed by atoms with Gasteiger partial charge in [0.1, 0.15) is 24.5 Å². The molecule has 0 radical (unpaired) electrons. The van der Waals surface area contributed by atoms with Crippen molar-refractivity contribution in [1.29, 1.82) is 0 Å². The first-order valence-corrected chi connectivity index (χ1v) is 8.16. The van der Waals surface area contributed by atoms with E-state index in [1.807, 2.05) is 31.3 Å². The average Bonchev–Trinajstić information content (AvgIpc) is 2.52. The summed E-state index contributed by atoms with van der Waals surface area (Å²) in [6, 6.07) is 9.79. The Labute approximate surface area is 165 Å². The summed E-state index contributed by atoms with van der Waals surface area (Å²) >= 11 is 5.94. The molecule has 3 rings (SSSR count). The normalized spacial score (nSPS) is 18.4. The fraction of sp³-hybridized carbons (Fsp3) is 0.412. The molecule has 1 aliphatic carbocycles. The zero-order chi connectivity index (χ0) is 16.2. The van der Waals surface area contributed by atoms with Crippen LogP contribution in [0.15, 0.2) is 36.7 Å². The summed E-state index contributed by atoms with van der Waals surface area (Å²) in [5, 5.41) is 0.676. The number of rotatable bonds is 6. The number of anilines is 1. The molecule has 0 amide bonds. The number of ether oxygens (including phenoxy) is 1. The average molecular weight is 406 g/mol. The second-order valence-electron chi connectivity index (χ2n) is 5.96. The molecule has 0 atom stereocenters. The van der Waals surface area contributed by atoms with Crippen LogP contribution < -0.4 is 15.4 Å². The number of hydrogen-bond acceptors (Lipinski definition) is 5. The van der Waals surface area contributed by atoms with E-state index in [-0.39, 0.29) is 24.8 Å². The Hall–Kier alpha value is -1.27. The van der Waals surface area contributed by atoms with E-state index in [2.05, 4.69) is 20.9 Å². The Kier molecular flexibility index (Phi) is 8.73. The van der Waals surface area contributed by atoms with Crippen molar-refractivity contribution in [2.24, 2.45) is 5.73 Å². The highest BCUT2D eigenvalue weighted by atomic mass is 35.5. The van der Waals surface area contributed by atoms with Gasteiger partial charge in [0.25, 0.3) is 0 Å². The van der Waals surface area contributed by atoms with Gasteiger partial charge in [-0.1, -0.05) is 17.7 Å². The first-order chi connectivity index (χ1) is 11.1. The fourth-order valence-electron chi connectivity index (χ4n) is 2.67. The number of nitrogens with two attached hydrogens (primary N) is 1. The lowest BCUT2D eigenvalue weighted by molar-refractivity contribution is 0.325.